The summed E-state index contributed by atoms with van der Waals surface area (Å²) in [5, 5.41) is 7.16. The summed E-state index contributed by atoms with van der Waals surface area (Å²) < 4.78 is 2.29. The number of rotatable bonds is 4. The van der Waals surface area contributed by atoms with Crippen molar-refractivity contribution >= 4 is 18.1 Å². The molecule has 5 nitrogen and oxygen atoms in total. The molecule has 3 rings (SSSR count). The molecule has 25 heavy (non-hydrogen) atoms. The Balaban J connectivity index is 1.78. The van der Waals surface area contributed by atoms with E-state index in [1.165, 1.54) is 31.2 Å². The maximum atomic E-state index is 12.8. The molecule has 134 valence electrons. The molecule has 1 saturated carbocycles. The number of carbonyl (C=O) groups is 1. The molecule has 1 aromatic heterocycles. The molecule has 1 aromatic carbocycles. The van der Waals surface area contributed by atoms with Crippen molar-refractivity contribution < 1.29 is 4.79 Å². The van der Waals surface area contributed by atoms with Gasteiger partial charge in [-0.1, -0.05) is 55.5 Å². The minimum Gasteiger partial charge on any atom is -0.341 e. The minimum atomic E-state index is 0.0951. The Morgan fingerprint density at radius 2 is 1.88 bits per heavy atom. The van der Waals surface area contributed by atoms with Crippen LogP contribution in [0.25, 0.3) is 11.4 Å². The number of hydrogen-bond acceptors (Lipinski definition) is 3. The smallest absolute Gasteiger partial charge is 0.242 e. The lowest BCUT2D eigenvalue weighted by molar-refractivity contribution is -0.132. The zero-order chi connectivity index (χ0) is 17.8. The summed E-state index contributed by atoms with van der Waals surface area (Å²) in [7, 11) is 1.92. The van der Waals surface area contributed by atoms with Crippen LogP contribution in [0.2, 0.25) is 0 Å². The van der Waals surface area contributed by atoms with Gasteiger partial charge < -0.3 is 4.90 Å². The summed E-state index contributed by atoms with van der Waals surface area (Å²) >= 11 is 5.36. The Kier molecular flexibility index (Phi) is 5.68. The predicted octanol–water partition coefficient (Wildman–Crippen LogP) is 4.10. The van der Waals surface area contributed by atoms with Crippen LogP contribution in [0.1, 0.15) is 44.1 Å². The second kappa shape index (κ2) is 7.95. The molecule has 1 N–H and O–H groups in total. The van der Waals surface area contributed by atoms with Crippen molar-refractivity contribution in [2.24, 2.45) is 0 Å². The third kappa shape index (κ3) is 4.18. The molecule has 2 aromatic rings. The number of amides is 1. The van der Waals surface area contributed by atoms with Crippen LogP contribution in [0.5, 0.6) is 0 Å². The van der Waals surface area contributed by atoms with Crippen LogP contribution in [0, 0.1) is 11.7 Å². The number of nitrogens with one attached hydrogen (secondary N) is 1. The SMILES string of the molecule is Cc1ccc(-c2n[nH]c(=S)n2CC(=O)N(C)C2CCCCCC2)cc1. The zero-order valence-corrected chi connectivity index (χ0v) is 15.8. The third-order valence-electron chi connectivity index (χ3n) is 5.13. The van der Waals surface area contributed by atoms with Crippen molar-refractivity contribution in [3.63, 3.8) is 0 Å². The molecule has 1 fully saturated rings. The minimum absolute atomic E-state index is 0.0951. The van der Waals surface area contributed by atoms with Gasteiger partial charge >= 0.3 is 0 Å². The zero-order valence-electron chi connectivity index (χ0n) is 15.0. The van der Waals surface area contributed by atoms with Crippen molar-refractivity contribution in [1.29, 1.82) is 0 Å². The van der Waals surface area contributed by atoms with Crippen molar-refractivity contribution in [2.75, 3.05) is 7.05 Å². The highest BCUT2D eigenvalue weighted by Gasteiger charge is 2.22. The van der Waals surface area contributed by atoms with Gasteiger partial charge in [-0.15, -0.1) is 0 Å². The van der Waals surface area contributed by atoms with Gasteiger partial charge in [0.25, 0.3) is 0 Å². The topological polar surface area (TPSA) is 53.9 Å². The fourth-order valence-electron chi connectivity index (χ4n) is 3.48. The third-order valence-corrected chi connectivity index (χ3v) is 5.44. The molecule has 0 aliphatic heterocycles. The van der Waals surface area contributed by atoms with Crippen LogP contribution in [0.3, 0.4) is 0 Å². The van der Waals surface area contributed by atoms with E-state index >= 15 is 0 Å². The number of aromatic nitrogens is 3. The number of carbonyl (C=O) groups excluding carboxylic acids is 1. The van der Waals surface area contributed by atoms with Crippen LogP contribution in [-0.2, 0) is 11.3 Å². The molecular weight excluding hydrogens is 332 g/mol. The van der Waals surface area contributed by atoms with Gasteiger partial charge in [-0.05, 0) is 32.0 Å². The Morgan fingerprint density at radius 3 is 2.52 bits per heavy atom. The molecule has 0 saturated heterocycles. The number of nitrogens with zero attached hydrogens (tertiary/aromatic N) is 3. The standard InChI is InChI=1S/C19H26N4OS/c1-14-9-11-15(12-10-14)18-20-21-19(25)23(18)13-17(24)22(2)16-7-5-3-4-6-8-16/h9-12,16H,3-8,13H2,1-2H3,(H,21,25). The predicted molar refractivity (Wildman–Crippen MR) is 102 cm³/mol. The van der Waals surface area contributed by atoms with E-state index in [1.54, 1.807) is 4.57 Å². The average molecular weight is 359 g/mol. The van der Waals surface area contributed by atoms with Crippen molar-refractivity contribution in [3.8, 4) is 11.4 Å². The van der Waals surface area contributed by atoms with Crippen molar-refractivity contribution in [2.45, 2.75) is 58.0 Å². The number of hydrogen-bond donors (Lipinski definition) is 1. The van der Waals surface area contributed by atoms with Gasteiger partial charge in [0.1, 0.15) is 6.54 Å². The Bertz CT molecular complexity index is 769. The Labute approximate surface area is 154 Å². The fourth-order valence-corrected chi connectivity index (χ4v) is 3.68. The van der Waals surface area contributed by atoms with Crippen LogP contribution in [0.4, 0.5) is 0 Å². The molecule has 1 aliphatic carbocycles. The highest BCUT2D eigenvalue weighted by Crippen LogP contribution is 2.22. The molecule has 6 heteroatoms. The molecule has 1 aliphatic rings. The second-order valence-corrected chi connectivity index (χ2v) is 7.34. The highest BCUT2D eigenvalue weighted by molar-refractivity contribution is 7.71. The first-order chi connectivity index (χ1) is 12.1. The van der Waals surface area contributed by atoms with Crippen molar-refractivity contribution in [3.05, 3.63) is 34.6 Å². The van der Waals surface area contributed by atoms with Crippen molar-refractivity contribution in [1.82, 2.24) is 19.7 Å². The normalized spacial score (nSPS) is 15.8. The van der Waals surface area contributed by atoms with E-state index in [9.17, 15) is 4.79 Å². The quantitative estimate of drug-likeness (QED) is 0.661. The van der Waals surface area contributed by atoms with E-state index in [2.05, 4.69) is 10.2 Å². The van der Waals surface area contributed by atoms with E-state index in [0.717, 1.165) is 18.4 Å². The average Bonchev–Trinajstić information content (AvgIpc) is 2.82. The summed E-state index contributed by atoms with van der Waals surface area (Å²) in [6.07, 6.45) is 7.18. The van der Waals surface area contributed by atoms with Gasteiger partial charge in [-0.2, -0.15) is 5.10 Å². The van der Waals surface area contributed by atoms with E-state index in [-0.39, 0.29) is 12.5 Å². The van der Waals surface area contributed by atoms with Crippen LogP contribution in [0.15, 0.2) is 24.3 Å². The lowest BCUT2D eigenvalue weighted by Crippen LogP contribution is -2.38. The molecule has 1 amide bonds. The summed E-state index contributed by atoms with van der Waals surface area (Å²) in [5.74, 6) is 0.811. The largest absolute Gasteiger partial charge is 0.341 e. The number of aromatic amines is 1. The summed E-state index contributed by atoms with van der Waals surface area (Å²) in [5.41, 5.74) is 2.15. The Hall–Kier alpha value is -1.95. The number of benzene rings is 1. The van der Waals surface area contributed by atoms with Gasteiger partial charge in [-0.25, -0.2) is 0 Å². The first-order valence-electron chi connectivity index (χ1n) is 9.04. The lowest BCUT2D eigenvalue weighted by atomic mass is 10.1. The molecular formula is C19H26N4OS. The van der Waals surface area contributed by atoms with Crippen LogP contribution < -0.4 is 0 Å². The Morgan fingerprint density at radius 1 is 1.24 bits per heavy atom. The number of aryl methyl sites for hydroxylation is 1. The first-order valence-corrected chi connectivity index (χ1v) is 9.45. The second-order valence-electron chi connectivity index (χ2n) is 6.95. The van der Waals surface area contributed by atoms with Crippen LogP contribution >= 0.6 is 12.2 Å². The van der Waals surface area contributed by atoms with Gasteiger partial charge in [0, 0.05) is 18.7 Å². The molecule has 0 bridgehead atoms. The lowest BCUT2D eigenvalue weighted by Gasteiger charge is -2.27. The van der Waals surface area contributed by atoms with Gasteiger partial charge in [-0.3, -0.25) is 14.5 Å². The number of H-pyrrole nitrogens is 1. The molecule has 0 spiro atoms. The fraction of sp³-hybridized carbons (Fsp3) is 0.526. The molecule has 1 heterocycles. The highest BCUT2D eigenvalue weighted by atomic mass is 32.1. The number of likely N-dealkylation sites (N-methyl/N-ethyl adjacent to an activating group) is 1. The van der Waals surface area contributed by atoms with Gasteiger partial charge in [0.15, 0.2) is 10.6 Å². The monoisotopic (exact) mass is 358 g/mol. The summed E-state index contributed by atoms with van der Waals surface area (Å²) in [4.78, 5) is 14.7. The molecule has 0 unspecified atom stereocenters. The summed E-state index contributed by atoms with van der Waals surface area (Å²) in [6, 6.07) is 8.44. The van der Waals surface area contributed by atoms with Gasteiger partial charge in [0.05, 0.1) is 0 Å². The van der Waals surface area contributed by atoms with Gasteiger partial charge in [0.2, 0.25) is 5.91 Å². The van der Waals surface area contributed by atoms with E-state index in [0.29, 0.717) is 16.6 Å². The maximum absolute atomic E-state index is 12.8. The van der Waals surface area contributed by atoms with Crippen LogP contribution in [-0.4, -0.2) is 38.7 Å². The van der Waals surface area contributed by atoms with E-state index in [1.807, 2.05) is 43.1 Å². The molecule has 0 atom stereocenters. The van der Waals surface area contributed by atoms with E-state index in [4.69, 9.17) is 12.2 Å². The molecule has 0 radical (unpaired) electrons. The van der Waals surface area contributed by atoms with E-state index < -0.39 is 0 Å². The maximum Gasteiger partial charge on any atom is 0.242 e. The first kappa shape index (κ1) is 17.9. The summed E-state index contributed by atoms with van der Waals surface area (Å²) in [6.45, 7) is 2.28.